The summed E-state index contributed by atoms with van der Waals surface area (Å²) in [7, 11) is 0. The van der Waals surface area contributed by atoms with Crippen molar-refractivity contribution in [1.82, 2.24) is 0 Å². The van der Waals surface area contributed by atoms with Gasteiger partial charge in [0.15, 0.2) is 0 Å². The van der Waals surface area contributed by atoms with E-state index in [0.29, 0.717) is 0 Å². The van der Waals surface area contributed by atoms with Gasteiger partial charge in [0.05, 0.1) is 9.75 Å². The molecular weight excluding hydrogens is 527 g/mol. The third kappa shape index (κ3) is 4.29. The van der Waals surface area contributed by atoms with Crippen LogP contribution in [0, 0.1) is 0 Å². The minimum atomic E-state index is -0.567. The molecule has 3 heteroatoms. The van der Waals surface area contributed by atoms with Gasteiger partial charge in [0.1, 0.15) is 0 Å². The normalized spacial score (nSPS) is 21.5. The van der Waals surface area contributed by atoms with E-state index in [1.807, 2.05) is 0 Å². The summed E-state index contributed by atoms with van der Waals surface area (Å²) < 4.78 is 0. The van der Waals surface area contributed by atoms with Crippen molar-refractivity contribution in [3.05, 3.63) is 130 Å². The second-order valence-corrected chi connectivity index (χ2v) is 11.3. The molecule has 4 aromatic rings. The van der Waals surface area contributed by atoms with Crippen molar-refractivity contribution in [3.63, 3.8) is 0 Å². The van der Waals surface area contributed by atoms with Crippen LogP contribution in [0.4, 0.5) is 0 Å². The van der Waals surface area contributed by atoms with Gasteiger partial charge in [0.2, 0.25) is 0 Å². The zero-order valence-electron chi connectivity index (χ0n) is 21.1. The molecule has 0 aliphatic heterocycles. The molecule has 0 fully saturated rings. The number of hydrogen-bond donors (Lipinski definition) is 0. The molecule has 2 aliphatic carbocycles. The van der Waals surface area contributed by atoms with Crippen LogP contribution in [0.25, 0.3) is 34.4 Å². The van der Waals surface area contributed by atoms with Gasteiger partial charge < -0.3 is 0 Å². The van der Waals surface area contributed by atoms with Gasteiger partial charge in [-0.15, -0.1) is 23.2 Å². The van der Waals surface area contributed by atoms with E-state index in [1.165, 1.54) is 55.7 Å². The first kappa shape index (κ1) is 26.3. The molecule has 0 bridgehead atoms. The molecule has 0 N–H and O–H groups in total. The molecule has 0 saturated heterocycles. The molecule has 0 amide bonds. The summed E-state index contributed by atoms with van der Waals surface area (Å²) in [4.78, 5) is -1.13. The van der Waals surface area contributed by atoms with E-state index in [0.717, 1.165) is 12.8 Å². The Bertz CT molecular complexity index is 1400. The van der Waals surface area contributed by atoms with Crippen molar-refractivity contribution in [1.29, 1.82) is 0 Å². The molecule has 2 atom stereocenters. The number of allylic oxidation sites excluding steroid dienone is 2. The fourth-order valence-electron chi connectivity index (χ4n) is 5.97. The van der Waals surface area contributed by atoms with Crippen LogP contribution in [0.2, 0.25) is 0 Å². The van der Waals surface area contributed by atoms with Gasteiger partial charge >= 0.3 is 0 Å². The summed E-state index contributed by atoms with van der Waals surface area (Å²) in [5.41, 5.74) is 12.1. The standard InChI is InChI=1S/C34H28Cl2.Ti/c1-23-21-29-27(25-11-5-3-6-12-25)15-9-17-31(29)33(23,35)19-20-34(36)24(2)22-30-28(16-10-18-32(30)34)26-13-7-4-8-14-26;/h3-18,21-22H,19-20H2,1-2H3;. The van der Waals surface area contributed by atoms with Crippen LogP contribution in [-0.2, 0) is 31.5 Å². The van der Waals surface area contributed by atoms with Crippen LogP contribution < -0.4 is 0 Å². The Morgan fingerprint density at radius 3 is 1.27 bits per heavy atom. The Morgan fingerprint density at radius 2 is 0.892 bits per heavy atom. The Labute approximate surface area is 244 Å². The maximum absolute atomic E-state index is 7.51. The minimum Gasteiger partial charge on any atom is -0.109 e. The zero-order valence-corrected chi connectivity index (χ0v) is 24.1. The minimum absolute atomic E-state index is 0. The van der Waals surface area contributed by atoms with E-state index in [1.54, 1.807) is 0 Å². The zero-order chi connectivity index (χ0) is 24.9. The Balaban J connectivity index is 0.00000280. The molecule has 0 aromatic heterocycles. The molecule has 0 heterocycles. The van der Waals surface area contributed by atoms with Crippen molar-refractivity contribution in [2.45, 2.75) is 36.4 Å². The van der Waals surface area contributed by atoms with E-state index < -0.39 is 9.75 Å². The molecule has 0 saturated carbocycles. The van der Waals surface area contributed by atoms with Crippen molar-refractivity contribution >= 4 is 35.4 Å². The molecule has 0 radical (unpaired) electrons. The quantitative estimate of drug-likeness (QED) is 0.170. The first-order valence-corrected chi connectivity index (χ1v) is 13.3. The van der Waals surface area contributed by atoms with Crippen LogP contribution in [0.1, 0.15) is 48.9 Å². The average Bonchev–Trinajstić information content (AvgIpc) is 3.33. The van der Waals surface area contributed by atoms with Crippen molar-refractivity contribution < 1.29 is 21.7 Å². The third-order valence-electron chi connectivity index (χ3n) is 8.02. The van der Waals surface area contributed by atoms with Crippen LogP contribution >= 0.6 is 23.2 Å². The Kier molecular flexibility index (Phi) is 7.16. The number of alkyl halides is 2. The summed E-state index contributed by atoms with van der Waals surface area (Å²) in [5.74, 6) is 0. The topological polar surface area (TPSA) is 0 Å². The second kappa shape index (κ2) is 10.1. The predicted octanol–water partition coefficient (Wildman–Crippen LogP) is 10.2. The maximum atomic E-state index is 7.51. The van der Waals surface area contributed by atoms with Gasteiger partial charge in [-0.25, -0.2) is 0 Å². The summed E-state index contributed by atoms with van der Waals surface area (Å²) in [6, 6.07) is 34.1. The fraction of sp³-hybridized carbons (Fsp3) is 0.176. The third-order valence-corrected chi connectivity index (χ3v) is 9.40. The van der Waals surface area contributed by atoms with Gasteiger partial charge in [-0.2, -0.15) is 0 Å². The van der Waals surface area contributed by atoms with E-state index in [-0.39, 0.29) is 21.7 Å². The van der Waals surface area contributed by atoms with E-state index >= 15 is 0 Å². The van der Waals surface area contributed by atoms with Crippen molar-refractivity contribution in [2.24, 2.45) is 0 Å². The maximum Gasteiger partial charge on any atom is 0.0911 e. The van der Waals surface area contributed by atoms with E-state index in [9.17, 15) is 0 Å². The Hall–Kier alpha value is -2.35. The average molecular weight is 555 g/mol. The summed E-state index contributed by atoms with van der Waals surface area (Å²) >= 11 is 15.0. The molecule has 182 valence electrons. The summed E-state index contributed by atoms with van der Waals surface area (Å²) in [6.07, 6.45) is 6.05. The second-order valence-electron chi connectivity index (χ2n) is 10.0. The van der Waals surface area contributed by atoms with Gasteiger partial charge in [-0.05, 0) is 82.3 Å². The van der Waals surface area contributed by atoms with Gasteiger partial charge in [-0.3, -0.25) is 0 Å². The van der Waals surface area contributed by atoms with Gasteiger partial charge in [-0.1, -0.05) is 109 Å². The number of hydrogen-bond acceptors (Lipinski definition) is 0. The predicted molar refractivity (Wildman–Crippen MR) is 155 cm³/mol. The molecule has 0 spiro atoms. The first-order chi connectivity index (χ1) is 17.4. The van der Waals surface area contributed by atoms with Crippen LogP contribution in [0.5, 0.6) is 0 Å². The monoisotopic (exact) mass is 554 g/mol. The van der Waals surface area contributed by atoms with Crippen molar-refractivity contribution in [2.75, 3.05) is 0 Å². The Morgan fingerprint density at radius 1 is 0.514 bits per heavy atom. The van der Waals surface area contributed by atoms with Crippen molar-refractivity contribution in [3.8, 4) is 22.3 Å². The SMILES string of the molecule is CC1=Cc2c(-c3ccccc3)cccc2C1(Cl)CCC1(Cl)C(C)=Cc2c(-c3ccccc3)cccc21.[Ti]. The van der Waals surface area contributed by atoms with Gasteiger partial charge in [0.25, 0.3) is 0 Å². The van der Waals surface area contributed by atoms with Crippen LogP contribution in [0.3, 0.4) is 0 Å². The molecule has 4 aromatic carbocycles. The molecule has 6 rings (SSSR count). The number of rotatable bonds is 5. The first-order valence-electron chi connectivity index (χ1n) is 12.5. The van der Waals surface area contributed by atoms with E-state index in [4.69, 9.17) is 23.2 Å². The smallest absolute Gasteiger partial charge is 0.0911 e. The van der Waals surface area contributed by atoms with Crippen LogP contribution in [0.15, 0.2) is 108 Å². The number of halogens is 2. The number of benzene rings is 4. The summed E-state index contributed by atoms with van der Waals surface area (Å²) in [5, 5.41) is 0. The fourth-order valence-corrected chi connectivity index (χ4v) is 6.59. The summed E-state index contributed by atoms with van der Waals surface area (Å²) in [6.45, 7) is 4.31. The molecule has 37 heavy (non-hydrogen) atoms. The largest absolute Gasteiger partial charge is 0.109 e. The molecule has 2 unspecified atom stereocenters. The molecule has 2 aliphatic rings. The van der Waals surface area contributed by atoms with Crippen LogP contribution in [-0.4, -0.2) is 0 Å². The molecular formula is C34H28Cl2Ti. The molecule has 0 nitrogen and oxygen atoms in total. The number of fused-ring (bicyclic) bond motifs is 2. The van der Waals surface area contributed by atoms with Gasteiger partial charge in [0, 0.05) is 21.7 Å². The van der Waals surface area contributed by atoms with E-state index in [2.05, 4.69) is 123 Å².